The number of carboxylic acids is 1. The highest BCUT2D eigenvalue weighted by atomic mass is 32.1. The van der Waals surface area contributed by atoms with E-state index >= 15 is 0 Å². The predicted molar refractivity (Wildman–Crippen MR) is 49.7 cm³/mol. The lowest BCUT2D eigenvalue weighted by Gasteiger charge is -1.92. The second-order valence-electron chi connectivity index (χ2n) is 2.68. The van der Waals surface area contributed by atoms with E-state index in [-0.39, 0.29) is 11.2 Å². The van der Waals surface area contributed by atoms with E-state index in [1.807, 2.05) is 0 Å². The number of rotatable bonds is 1. The Morgan fingerprint density at radius 3 is 2.93 bits per heavy atom. The van der Waals surface area contributed by atoms with Gasteiger partial charge in [-0.05, 0) is 18.5 Å². The summed E-state index contributed by atoms with van der Waals surface area (Å²) in [6.07, 6.45) is 0. The minimum atomic E-state index is -1.17. The third-order valence-corrected chi connectivity index (χ3v) is 2.67. The van der Waals surface area contributed by atoms with Crippen molar-refractivity contribution in [1.82, 2.24) is 14.3 Å². The molecule has 2 aromatic heterocycles. The first-order valence-electron chi connectivity index (χ1n) is 3.69. The van der Waals surface area contributed by atoms with Gasteiger partial charge in [0.2, 0.25) is 0 Å². The number of carbonyl (C=O) groups is 1. The van der Waals surface area contributed by atoms with Crippen molar-refractivity contribution in [3.8, 4) is 0 Å². The van der Waals surface area contributed by atoms with Crippen molar-refractivity contribution >= 4 is 27.7 Å². The summed E-state index contributed by atoms with van der Waals surface area (Å²) >= 11 is 1.01. The molecule has 7 heteroatoms. The van der Waals surface area contributed by atoms with Crippen LogP contribution in [-0.2, 0) is 0 Å². The summed E-state index contributed by atoms with van der Waals surface area (Å²) < 4.78 is 4.32. The molecule has 0 bridgehead atoms. The first kappa shape index (κ1) is 8.82. The van der Waals surface area contributed by atoms with Crippen molar-refractivity contribution in [2.24, 2.45) is 0 Å². The normalized spacial score (nSPS) is 10.6. The van der Waals surface area contributed by atoms with E-state index in [0.29, 0.717) is 10.4 Å². The standard InChI is InChI=1S/C7H5N3O3S/c1-2-5-3(9-7(13)8-2)4(6(11)12)10-14-5/h1H3,(H,11,12)(H,8,9,13). The molecule has 0 aliphatic rings. The van der Waals surface area contributed by atoms with Crippen LogP contribution >= 0.6 is 11.5 Å². The Kier molecular flexibility index (Phi) is 1.81. The van der Waals surface area contributed by atoms with Crippen molar-refractivity contribution < 1.29 is 9.90 Å². The van der Waals surface area contributed by atoms with Crippen LogP contribution in [0.1, 0.15) is 16.2 Å². The minimum Gasteiger partial charge on any atom is -0.476 e. The SMILES string of the molecule is Cc1[nH]c(=O)nc2c(C(=O)O)nsc12. The number of aromatic amines is 1. The zero-order valence-corrected chi connectivity index (χ0v) is 7.88. The summed E-state index contributed by atoms with van der Waals surface area (Å²) in [5.74, 6) is -1.17. The predicted octanol–water partition coefficient (Wildman–Crippen LogP) is 0.386. The molecular weight excluding hydrogens is 206 g/mol. The molecule has 2 heterocycles. The summed E-state index contributed by atoms with van der Waals surface area (Å²) in [6, 6.07) is 0. The van der Waals surface area contributed by atoms with Gasteiger partial charge < -0.3 is 10.1 Å². The Bertz CT molecular complexity index is 571. The largest absolute Gasteiger partial charge is 0.476 e. The fraction of sp³-hybridized carbons (Fsp3) is 0.143. The van der Waals surface area contributed by atoms with Crippen LogP contribution in [0.2, 0.25) is 0 Å². The van der Waals surface area contributed by atoms with Gasteiger partial charge in [-0.3, -0.25) is 0 Å². The molecule has 14 heavy (non-hydrogen) atoms. The van der Waals surface area contributed by atoms with Gasteiger partial charge in [-0.15, -0.1) is 0 Å². The highest BCUT2D eigenvalue weighted by molar-refractivity contribution is 7.13. The van der Waals surface area contributed by atoms with Crippen molar-refractivity contribution in [1.29, 1.82) is 0 Å². The molecule has 2 N–H and O–H groups in total. The van der Waals surface area contributed by atoms with Gasteiger partial charge in [-0.25, -0.2) is 9.59 Å². The molecule has 0 amide bonds. The van der Waals surface area contributed by atoms with Gasteiger partial charge in [0.15, 0.2) is 5.69 Å². The van der Waals surface area contributed by atoms with E-state index in [1.54, 1.807) is 6.92 Å². The monoisotopic (exact) mass is 211 g/mol. The van der Waals surface area contributed by atoms with E-state index in [0.717, 1.165) is 11.5 Å². The Morgan fingerprint density at radius 1 is 1.57 bits per heavy atom. The number of fused-ring (bicyclic) bond motifs is 1. The highest BCUT2D eigenvalue weighted by Crippen LogP contribution is 2.20. The van der Waals surface area contributed by atoms with Crippen LogP contribution in [0, 0.1) is 6.92 Å². The molecule has 0 saturated carbocycles. The van der Waals surface area contributed by atoms with Crippen LogP contribution in [0.4, 0.5) is 0 Å². The summed E-state index contributed by atoms with van der Waals surface area (Å²) in [4.78, 5) is 27.7. The molecule has 0 unspecified atom stereocenters. The zero-order valence-electron chi connectivity index (χ0n) is 7.07. The van der Waals surface area contributed by atoms with E-state index in [1.165, 1.54) is 0 Å². The lowest BCUT2D eigenvalue weighted by atomic mass is 10.3. The second kappa shape index (κ2) is 2.88. The minimum absolute atomic E-state index is 0.156. The van der Waals surface area contributed by atoms with Crippen LogP contribution < -0.4 is 5.69 Å². The van der Waals surface area contributed by atoms with Crippen LogP contribution in [-0.4, -0.2) is 25.4 Å². The van der Waals surface area contributed by atoms with Gasteiger partial charge in [-0.1, -0.05) is 0 Å². The topological polar surface area (TPSA) is 95.9 Å². The van der Waals surface area contributed by atoms with Crippen LogP contribution in [0.25, 0.3) is 10.2 Å². The zero-order chi connectivity index (χ0) is 10.3. The highest BCUT2D eigenvalue weighted by Gasteiger charge is 2.16. The van der Waals surface area contributed by atoms with Crippen molar-refractivity contribution in [3.05, 3.63) is 21.9 Å². The van der Waals surface area contributed by atoms with Crippen molar-refractivity contribution in [3.63, 3.8) is 0 Å². The molecule has 6 nitrogen and oxygen atoms in total. The maximum atomic E-state index is 11.0. The number of carboxylic acid groups (broad SMARTS) is 1. The number of nitrogens with one attached hydrogen (secondary N) is 1. The van der Waals surface area contributed by atoms with Crippen molar-refractivity contribution in [2.75, 3.05) is 0 Å². The number of hydrogen-bond acceptors (Lipinski definition) is 5. The Morgan fingerprint density at radius 2 is 2.29 bits per heavy atom. The maximum Gasteiger partial charge on any atom is 0.357 e. The molecule has 0 aromatic carbocycles. The molecule has 2 aromatic rings. The van der Waals surface area contributed by atoms with Crippen LogP contribution in [0.15, 0.2) is 4.79 Å². The molecule has 0 atom stereocenters. The lowest BCUT2D eigenvalue weighted by molar-refractivity contribution is 0.0694. The van der Waals surface area contributed by atoms with Gasteiger partial charge in [0.05, 0.1) is 4.70 Å². The van der Waals surface area contributed by atoms with Gasteiger partial charge in [0.1, 0.15) is 5.52 Å². The molecule has 2 rings (SSSR count). The molecule has 72 valence electrons. The second-order valence-corrected chi connectivity index (χ2v) is 3.45. The van der Waals surface area contributed by atoms with Gasteiger partial charge in [-0.2, -0.15) is 9.36 Å². The molecule has 0 radical (unpaired) electrons. The Labute approximate surface area is 81.4 Å². The first-order valence-corrected chi connectivity index (χ1v) is 4.46. The molecule has 0 saturated heterocycles. The van der Waals surface area contributed by atoms with Crippen LogP contribution in [0.5, 0.6) is 0 Å². The summed E-state index contributed by atoms with van der Waals surface area (Å²) in [5.41, 5.74) is 0.0191. The fourth-order valence-corrected chi connectivity index (χ4v) is 1.89. The average molecular weight is 211 g/mol. The van der Waals surface area contributed by atoms with E-state index < -0.39 is 11.7 Å². The number of aromatic nitrogens is 3. The summed E-state index contributed by atoms with van der Waals surface area (Å²) in [5, 5.41) is 8.75. The fourth-order valence-electron chi connectivity index (χ4n) is 1.12. The van der Waals surface area contributed by atoms with Gasteiger partial charge >= 0.3 is 11.7 Å². The summed E-state index contributed by atoms with van der Waals surface area (Å²) in [6.45, 7) is 1.68. The molecule has 0 aliphatic heterocycles. The van der Waals surface area contributed by atoms with E-state index in [4.69, 9.17) is 5.11 Å². The number of aromatic carboxylic acids is 1. The molecular formula is C7H5N3O3S. The lowest BCUT2D eigenvalue weighted by Crippen LogP contribution is -2.12. The Hall–Kier alpha value is -1.76. The maximum absolute atomic E-state index is 11.0. The molecule has 0 spiro atoms. The Balaban J connectivity index is 2.92. The average Bonchev–Trinajstić information content (AvgIpc) is 2.47. The molecule has 0 fully saturated rings. The third kappa shape index (κ3) is 1.18. The number of aryl methyl sites for hydroxylation is 1. The number of H-pyrrole nitrogens is 1. The molecule has 0 aliphatic carbocycles. The number of nitrogens with zero attached hydrogens (tertiary/aromatic N) is 2. The third-order valence-electron chi connectivity index (χ3n) is 1.72. The first-order chi connectivity index (χ1) is 6.59. The number of hydrogen-bond donors (Lipinski definition) is 2. The van der Waals surface area contributed by atoms with Crippen LogP contribution in [0.3, 0.4) is 0 Å². The quantitative estimate of drug-likeness (QED) is 0.711. The van der Waals surface area contributed by atoms with Gasteiger partial charge in [0, 0.05) is 5.69 Å². The van der Waals surface area contributed by atoms with Crippen molar-refractivity contribution in [2.45, 2.75) is 6.92 Å². The van der Waals surface area contributed by atoms with E-state index in [9.17, 15) is 9.59 Å². The smallest absolute Gasteiger partial charge is 0.357 e. The van der Waals surface area contributed by atoms with Gasteiger partial charge in [0.25, 0.3) is 0 Å². The summed E-state index contributed by atoms with van der Waals surface area (Å²) in [7, 11) is 0. The van der Waals surface area contributed by atoms with E-state index in [2.05, 4.69) is 14.3 Å².